The third-order valence-corrected chi connectivity index (χ3v) is 2.99. The summed E-state index contributed by atoms with van der Waals surface area (Å²) in [6.07, 6.45) is 0. The van der Waals surface area contributed by atoms with Crippen molar-refractivity contribution in [3.8, 4) is 5.75 Å². The van der Waals surface area contributed by atoms with Crippen molar-refractivity contribution in [3.05, 3.63) is 64.6 Å². The van der Waals surface area contributed by atoms with Crippen LogP contribution in [0.25, 0.3) is 0 Å². The van der Waals surface area contributed by atoms with Crippen molar-refractivity contribution in [2.24, 2.45) is 5.16 Å². The number of hydrogen-bond donors (Lipinski definition) is 0. The fourth-order valence-electron chi connectivity index (χ4n) is 1.41. The highest BCUT2D eigenvalue weighted by atomic mass is 79.9. The number of nitrogens with zero attached hydrogens (tertiary/aromatic N) is 1. The van der Waals surface area contributed by atoms with E-state index >= 15 is 0 Å². The van der Waals surface area contributed by atoms with Gasteiger partial charge in [0, 0.05) is 10.0 Å². The van der Waals surface area contributed by atoms with Gasteiger partial charge in [0.25, 0.3) is 0 Å². The number of rotatable bonds is 3. The zero-order valence-corrected chi connectivity index (χ0v) is 11.0. The smallest absolute Gasteiger partial charge is 0.157 e. The lowest BCUT2D eigenvalue weighted by molar-refractivity contribution is 0.341. The molecule has 17 heavy (non-hydrogen) atoms. The van der Waals surface area contributed by atoms with E-state index in [-0.39, 0.29) is 0 Å². The van der Waals surface area contributed by atoms with Gasteiger partial charge in [-0.2, -0.15) is 0 Å². The Morgan fingerprint density at radius 2 is 1.65 bits per heavy atom. The molecule has 2 nitrogen and oxygen atoms in total. The molecule has 0 aliphatic heterocycles. The molecule has 0 heterocycles. The lowest BCUT2D eigenvalue weighted by Crippen LogP contribution is -1.98. The third-order valence-electron chi connectivity index (χ3n) is 2.29. The minimum atomic E-state index is 0.735. The van der Waals surface area contributed by atoms with Gasteiger partial charge in [-0.05, 0) is 25.1 Å². The first-order valence-corrected chi connectivity index (χ1v) is 6.08. The average Bonchev–Trinajstić information content (AvgIpc) is 2.38. The average molecular weight is 290 g/mol. The van der Waals surface area contributed by atoms with Crippen molar-refractivity contribution in [3.63, 3.8) is 0 Å². The molecule has 0 spiro atoms. The molecule has 0 amide bonds. The monoisotopic (exact) mass is 289 g/mol. The maximum atomic E-state index is 5.34. The summed E-state index contributed by atoms with van der Waals surface area (Å²) in [4.78, 5) is 5.34. The first kappa shape index (κ1) is 11.9. The summed E-state index contributed by atoms with van der Waals surface area (Å²) >= 11 is 3.49. The minimum absolute atomic E-state index is 0.735. The molecule has 0 bridgehead atoms. The highest BCUT2D eigenvalue weighted by Gasteiger charge is 2.02. The first-order valence-electron chi connectivity index (χ1n) is 5.29. The van der Waals surface area contributed by atoms with Gasteiger partial charge < -0.3 is 4.84 Å². The molecule has 86 valence electrons. The third kappa shape index (κ3) is 3.17. The number of hydrogen-bond acceptors (Lipinski definition) is 2. The van der Waals surface area contributed by atoms with Crippen LogP contribution in [0, 0.1) is 0 Å². The van der Waals surface area contributed by atoms with Crippen molar-refractivity contribution in [1.82, 2.24) is 0 Å². The van der Waals surface area contributed by atoms with Gasteiger partial charge in [0.1, 0.15) is 0 Å². The quantitative estimate of drug-likeness (QED) is 0.611. The molecule has 0 aliphatic carbocycles. The molecule has 2 aromatic carbocycles. The van der Waals surface area contributed by atoms with Gasteiger partial charge in [0.2, 0.25) is 0 Å². The molecule has 0 radical (unpaired) electrons. The SMILES string of the molecule is C/C(=N\Oc1ccccc1)c1ccccc1Br. The van der Waals surface area contributed by atoms with E-state index in [4.69, 9.17) is 4.84 Å². The predicted molar refractivity (Wildman–Crippen MR) is 73.4 cm³/mol. The van der Waals surface area contributed by atoms with Gasteiger partial charge in [-0.1, -0.05) is 57.5 Å². The van der Waals surface area contributed by atoms with Crippen LogP contribution in [0.3, 0.4) is 0 Å². The molecule has 3 heteroatoms. The Morgan fingerprint density at radius 3 is 2.35 bits per heavy atom. The second kappa shape index (κ2) is 5.64. The van der Waals surface area contributed by atoms with Crippen LogP contribution in [0.4, 0.5) is 0 Å². The molecule has 2 aromatic rings. The summed E-state index contributed by atoms with van der Waals surface area (Å²) in [6.45, 7) is 1.92. The first-order chi connectivity index (χ1) is 8.27. The molecule has 0 aromatic heterocycles. The Bertz CT molecular complexity index is 523. The highest BCUT2D eigenvalue weighted by Crippen LogP contribution is 2.17. The van der Waals surface area contributed by atoms with Gasteiger partial charge >= 0.3 is 0 Å². The number of para-hydroxylation sites is 1. The van der Waals surface area contributed by atoms with Gasteiger partial charge in [-0.25, -0.2) is 0 Å². The van der Waals surface area contributed by atoms with Crippen LogP contribution >= 0.6 is 15.9 Å². The van der Waals surface area contributed by atoms with Crippen molar-refractivity contribution in [2.75, 3.05) is 0 Å². The predicted octanol–water partition coefficient (Wildman–Crippen LogP) is 4.25. The fraction of sp³-hybridized carbons (Fsp3) is 0.0714. The van der Waals surface area contributed by atoms with Crippen LogP contribution in [0.15, 0.2) is 64.2 Å². The van der Waals surface area contributed by atoms with Crippen molar-refractivity contribution in [1.29, 1.82) is 0 Å². The molecule has 0 aliphatic rings. The Morgan fingerprint density at radius 1 is 1.00 bits per heavy atom. The zero-order valence-electron chi connectivity index (χ0n) is 9.43. The molecule has 0 fully saturated rings. The van der Waals surface area contributed by atoms with Crippen LogP contribution in [0.1, 0.15) is 12.5 Å². The van der Waals surface area contributed by atoms with E-state index in [1.807, 2.05) is 61.5 Å². The Balaban J connectivity index is 2.16. The van der Waals surface area contributed by atoms with E-state index in [9.17, 15) is 0 Å². The zero-order chi connectivity index (χ0) is 12.1. The standard InChI is InChI=1S/C14H12BrNO/c1-11(13-9-5-6-10-14(13)15)16-17-12-7-3-2-4-8-12/h2-10H,1H3/b16-11+. The fourth-order valence-corrected chi connectivity index (χ4v) is 1.98. The van der Waals surface area contributed by atoms with Gasteiger partial charge in [0.15, 0.2) is 5.75 Å². The molecule has 0 saturated carbocycles. The molecular formula is C14H12BrNO. The Hall–Kier alpha value is -1.61. The summed E-state index contributed by atoms with van der Waals surface area (Å²) < 4.78 is 1.01. The molecule has 2 rings (SSSR count). The minimum Gasteiger partial charge on any atom is -0.357 e. The van der Waals surface area contributed by atoms with Crippen molar-refractivity contribution < 1.29 is 4.84 Å². The lowest BCUT2D eigenvalue weighted by Gasteiger charge is -2.03. The molecule has 0 unspecified atom stereocenters. The van der Waals surface area contributed by atoms with Crippen LogP contribution in [0.2, 0.25) is 0 Å². The number of halogens is 1. The van der Waals surface area contributed by atoms with E-state index < -0.39 is 0 Å². The van der Waals surface area contributed by atoms with Crippen LogP contribution in [-0.2, 0) is 0 Å². The largest absolute Gasteiger partial charge is 0.357 e. The van der Waals surface area contributed by atoms with E-state index in [0.29, 0.717) is 0 Å². The lowest BCUT2D eigenvalue weighted by atomic mass is 10.1. The number of oxime groups is 1. The molecule has 0 saturated heterocycles. The summed E-state index contributed by atoms with van der Waals surface area (Å²) in [7, 11) is 0. The Kier molecular flexibility index (Phi) is 3.94. The normalized spacial score (nSPS) is 11.3. The van der Waals surface area contributed by atoms with Crippen molar-refractivity contribution >= 4 is 21.6 Å². The van der Waals surface area contributed by atoms with Crippen LogP contribution < -0.4 is 4.84 Å². The highest BCUT2D eigenvalue weighted by molar-refractivity contribution is 9.10. The summed E-state index contributed by atoms with van der Waals surface area (Å²) in [5, 5.41) is 4.11. The molecular weight excluding hydrogens is 278 g/mol. The van der Waals surface area contributed by atoms with Gasteiger partial charge in [-0.15, -0.1) is 0 Å². The summed E-state index contributed by atoms with van der Waals surface area (Å²) in [5.74, 6) is 0.735. The second-order valence-corrected chi connectivity index (χ2v) is 4.42. The molecule has 0 atom stereocenters. The second-order valence-electron chi connectivity index (χ2n) is 3.56. The summed E-state index contributed by atoms with van der Waals surface area (Å²) in [6, 6.07) is 17.4. The van der Waals surface area contributed by atoms with Gasteiger partial charge in [-0.3, -0.25) is 0 Å². The van der Waals surface area contributed by atoms with E-state index in [1.165, 1.54) is 0 Å². The maximum Gasteiger partial charge on any atom is 0.157 e. The van der Waals surface area contributed by atoms with E-state index in [1.54, 1.807) is 0 Å². The van der Waals surface area contributed by atoms with Crippen LogP contribution in [0.5, 0.6) is 5.75 Å². The summed E-state index contributed by atoms with van der Waals surface area (Å²) in [5.41, 5.74) is 1.87. The number of benzene rings is 2. The Labute approximate surface area is 109 Å². The topological polar surface area (TPSA) is 21.6 Å². The maximum absolute atomic E-state index is 5.34. The van der Waals surface area contributed by atoms with E-state index in [0.717, 1.165) is 21.5 Å². The van der Waals surface area contributed by atoms with Crippen molar-refractivity contribution in [2.45, 2.75) is 6.92 Å². The van der Waals surface area contributed by atoms with Crippen LogP contribution in [-0.4, -0.2) is 5.71 Å². The molecule has 0 N–H and O–H groups in total. The van der Waals surface area contributed by atoms with Gasteiger partial charge in [0.05, 0.1) is 5.71 Å². The van der Waals surface area contributed by atoms with E-state index in [2.05, 4.69) is 21.1 Å².